The Bertz CT molecular complexity index is 441. The predicted octanol–water partition coefficient (Wildman–Crippen LogP) is 2.09. The van der Waals surface area contributed by atoms with E-state index in [4.69, 9.17) is 10.1 Å². The van der Waals surface area contributed by atoms with E-state index < -0.39 is 0 Å². The molecule has 0 aliphatic rings. The molecule has 0 fully saturated rings. The molecular weight excluding hydrogens is 218 g/mol. The molecule has 1 aromatic carbocycles. The first-order chi connectivity index (χ1) is 8.19. The zero-order chi connectivity index (χ0) is 12.7. The average molecular weight is 233 g/mol. The van der Waals surface area contributed by atoms with Crippen molar-refractivity contribution in [3.05, 3.63) is 24.3 Å². The smallest absolute Gasteiger partial charge is 0.172 e. The highest BCUT2D eigenvalue weighted by atomic mass is 16.5. The van der Waals surface area contributed by atoms with Crippen LogP contribution in [0.5, 0.6) is 5.75 Å². The van der Waals surface area contributed by atoms with Gasteiger partial charge in [0.1, 0.15) is 11.5 Å². The van der Waals surface area contributed by atoms with E-state index in [1.807, 2.05) is 19.1 Å². The molecule has 5 nitrogen and oxygen atoms in total. The lowest BCUT2D eigenvalue weighted by Gasteiger charge is -2.09. The second-order valence-corrected chi connectivity index (χ2v) is 3.28. The molecule has 0 unspecified atom stereocenters. The topological polar surface area (TPSA) is 74.5 Å². The Kier molecular flexibility index (Phi) is 4.87. The fourth-order valence-electron chi connectivity index (χ4n) is 1.16. The number of hydrogen-bond donors (Lipinski definition) is 2. The Morgan fingerprint density at radius 2 is 2.24 bits per heavy atom. The van der Waals surface area contributed by atoms with Gasteiger partial charge in [0.25, 0.3) is 0 Å². The van der Waals surface area contributed by atoms with Crippen molar-refractivity contribution in [2.45, 2.75) is 13.8 Å². The molecule has 0 radical (unpaired) electrons. The molecule has 5 heteroatoms. The highest BCUT2D eigenvalue weighted by Crippen LogP contribution is 2.23. The van der Waals surface area contributed by atoms with Crippen LogP contribution in [0.3, 0.4) is 0 Å². The van der Waals surface area contributed by atoms with Gasteiger partial charge in [0.2, 0.25) is 0 Å². The van der Waals surface area contributed by atoms with Crippen LogP contribution in [-0.2, 0) is 4.79 Å². The molecule has 0 heterocycles. The van der Waals surface area contributed by atoms with Crippen LogP contribution in [0, 0.1) is 5.41 Å². The minimum Gasteiger partial charge on any atom is -0.492 e. The summed E-state index contributed by atoms with van der Waals surface area (Å²) in [6, 6.07) is 7.27. The Labute approximate surface area is 100.0 Å². The van der Waals surface area contributed by atoms with Gasteiger partial charge in [-0.15, -0.1) is 0 Å². The minimum atomic E-state index is 0.0660. The number of hydrazone groups is 1. The zero-order valence-corrected chi connectivity index (χ0v) is 9.86. The van der Waals surface area contributed by atoms with Crippen LogP contribution in [0.25, 0.3) is 0 Å². The van der Waals surface area contributed by atoms with E-state index in [0.29, 0.717) is 24.3 Å². The van der Waals surface area contributed by atoms with Crippen LogP contribution >= 0.6 is 0 Å². The molecule has 2 N–H and O–H groups in total. The van der Waals surface area contributed by atoms with Crippen molar-refractivity contribution in [1.29, 1.82) is 5.41 Å². The monoisotopic (exact) mass is 233 g/mol. The molecule has 0 aliphatic carbocycles. The van der Waals surface area contributed by atoms with Gasteiger partial charge in [-0.1, -0.05) is 12.1 Å². The lowest BCUT2D eigenvalue weighted by molar-refractivity contribution is -0.102. The Morgan fingerprint density at radius 3 is 2.82 bits per heavy atom. The van der Waals surface area contributed by atoms with E-state index >= 15 is 0 Å². The fourth-order valence-corrected chi connectivity index (χ4v) is 1.16. The normalized spacial score (nSPS) is 10.8. The summed E-state index contributed by atoms with van der Waals surface area (Å²) in [6.07, 6.45) is 0.540. The summed E-state index contributed by atoms with van der Waals surface area (Å²) in [7, 11) is 0. The van der Waals surface area contributed by atoms with Crippen molar-refractivity contribution >= 4 is 23.4 Å². The van der Waals surface area contributed by atoms with Crippen LogP contribution in [0.4, 0.5) is 5.69 Å². The van der Waals surface area contributed by atoms with Crippen LogP contribution in [0.15, 0.2) is 29.4 Å². The summed E-state index contributed by atoms with van der Waals surface area (Å²) in [5.74, 6) is 0.659. The number of anilines is 1. The van der Waals surface area contributed by atoms with Crippen LogP contribution < -0.4 is 10.2 Å². The summed E-state index contributed by atoms with van der Waals surface area (Å²) in [5, 5.41) is 11.2. The Hall–Kier alpha value is -2.17. The van der Waals surface area contributed by atoms with Gasteiger partial charge in [-0.3, -0.25) is 10.2 Å². The minimum absolute atomic E-state index is 0.0660. The third-order valence-corrected chi connectivity index (χ3v) is 1.98. The maximum absolute atomic E-state index is 10.6. The molecule has 0 atom stereocenters. The molecule has 90 valence electrons. The van der Waals surface area contributed by atoms with E-state index in [2.05, 4.69) is 10.5 Å². The van der Waals surface area contributed by atoms with Crippen LogP contribution in [0.1, 0.15) is 13.8 Å². The lowest BCUT2D eigenvalue weighted by Crippen LogP contribution is -2.12. The first-order valence-electron chi connectivity index (χ1n) is 5.25. The second-order valence-electron chi connectivity index (χ2n) is 3.28. The summed E-state index contributed by atoms with van der Waals surface area (Å²) < 4.78 is 5.39. The SMILES string of the molecule is CCOc1ccccc1N/N=C(/C=O)C(C)=N. The quantitative estimate of drug-likeness (QED) is 0.449. The third kappa shape index (κ3) is 3.71. The van der Waals surface area contributed by atoms with Crippen LogP contribution in [-0.4, -0.2) is 24.3 Å². The zero-order valence-electron chi connectivity index (χ0n) is 9.86. The number of hydrogen-bond acceptors (Lipinski definition) is 5. The molecule has 0 spiro atoms. The van der Waals surface area contributed by atoms with Gasteiger partial charge in [0.05, 0.1) is 18.0 Å². The van der Waals surface area contributed by atoms with Gasteiger partial charge in [-0.05, 0) is 26.0 Å². The van der Waals surface area contributed by atoms with Crippen molar-refractivity contribution in [2.24, 2.45) is 5.10 Å². The van der Waals surface area contributed by atoms with Gasteiger partial charge in [-0.2, -0.15) is 5.10 Å². The van der Waals surface area contributed by atoms with Gasteiger partial charge < -0.3 is 10.1 Å². The average Bonchev–Trinajstić information content (AvgIpc) is 2.32. The molecular formula is C12H15N3O2. The van der Waals surface area contributed by atoms with E-state index in [0.717, 1.165) is 0 Å². The predicted molar refractivity (Wildman–Crippen MR) is 68.1 cm³/mol. The Morgan fingerprint density at radius 1 is 1.53 bits per heavy atom. The highest BCUT2D eigenvalue weighted by Gasteiger charge is 2.03. The van der Waals surface area contributed by atoms with Crippen molar-refractivity contribution in [3.63, 3.8) is 0 Å². The highest BCUT2D eigenvalue weighted by molar-refractivity contribution is 6.60. The van der Waals surface area contributed by atoms with Gasteiger partial charge in [0, 0.05) is 0 Å². The molecule has 0 saturated carbocycles. The second kappa shape index (κ2) is 6.42. The van der Waals surface area contributed by atoms with Crippen molar-refractivity contribution in [3.8, 4) is 5.75 Å². The molecule has 1 rings (SSSR count). The molecule has 0 aliphatic heterocycles. The van der Waals surface area contributed by atoms with Crippen molar-refractivity contribution in [2.75, 3.05) is 12.0 Å². The summed E-state index contributed by atoms with van der Waals surface area (Å²) in [4.78, 5) is 10.6. The molecule has 0 aromatic heterocycles. The van der Waals surface area contributed by atoms with Crippen molar-refractivity contribution in [1.82, 2.24) is 0 Å². The van der Waals surface area contributed by atoms with E-state index in [9.17, 15) is 4.79 Å². The number of para-hydroxylation sites is 2. The first kappa shape index (κ1) is 12.9. The third-order valence-electron chi connectivity index (χ3n) is 1.98. The van der Waals surface area contributed by atoms with Crippen molar-refractivity contribution < 1.29 is 9.53 Å². The summed E-state index contributed by atoms with van der Waals surface area (Å²) in [6.45, 7) is 3.94. The number of carbonyl (C=O) groups excluding carboxylic acids is 1. The number of carbonyl (C=O) groups is 1. The molecule has 0 amide bonds. The maximum atomic E-state index is 10.6. The van der Waals surface area contributed by atoms with Gasteiger partial charge in [0.15, 0.2) is 6.29 Å². The number of rotatable bonds is 6. The number of ether oxygens (including phenoxy) is 1. The number of aldehydes is 1. The maximum Gasteiger partial charge on any atom is 0.172 e. The number of nitrogens with one attached hydrogen (secondary N) is 2. The molecule has 0 saturated heterocycles. The fraction of sp³-hybridized carbons (Fsp3) is 0.250. The standard InChI is InChI=1S/C12H15N3O2/c1-3-17-12-7-5-4-6-10(12)14-15-11(8-16)9(2)13/h4-8,13-14H,3H2,1-2H3/b13-9?,15-11-. The van der Waals surface area contributed by atoms with Gasteiger partial charge in [-0.25, -0.2) is 0 Å². The first-order valence-corrected chi connectivity index (χ1v) is 5.25. The summed E-state index contributed by atoms with van der Waals surface area (Å²) >= 11 is 0. The number of benzene rings is 1. The van der Waals surface area contributed by atoms with E-state index in [-0.39, 0.29) is 11.4 Å². The lowest BCUT2D eigenvalue weighted by atomic mass is 10.3. The largest absolute Gasteiger partial charge is 0.492 e. The molecule has 1 aromatic rings. The Balaban J connectivity index is 2.87. The van der Waals surface area contributed by atoms with E-state index in [1.54, 1.807) is 12.1 Å². The summed E-state index contributed by atoms with van der Waals surface area (Å²) in [5.41, 5.74) is 3.56. The van der Waals surface area contributed by atoms with E-state index in [1.165, 1.54) is 6.92 Å². The van der Waals surface area contributed by atoms with Gasteiger partial charge >= 0.3 is 0 Å². The van der Waals surface area contributed by atoms with Crippen LogP contribution in [0.2, 0.25) is 0 Å². The molecule has 0 bridgehead atoms. The number of nitrogens with zero attached hydrogens (tertiary/aromatic N) is 1. The molecule has 17 heavy (non-hydrogen) atoms.